The summed E-state index contributed by atoms with van der Waals surface area (Å²) in [7, 11) is 0. The first-order valence-corrected chi connectivity index (χ1v) is 4.78. The Morgan fingerprint density at radius 3 is 2.33 bits per heavy atom. The van der Waals surface area contributed by atoms with Gasteiger partial charge in [-0.2, -0.15) is 0 Å². The smallest absolute Gasteiger partial charge is 0.396 e. The van der Waals surface area contributed by atoms with Crippen molar-refractivity contribution in [3.05, 3.63) is 0 Å². The summed E-state index contributed by atoms with van der Waals surface area (Å²) in [6, 6.07) is -0.748. The van der Waals surface area contributed by atoms with E-state index >= 15 is 0 Å². The van der Waals surface area contributed by atoms with Crippen LogP contribution in [0.1, 0.15) is 20.8 Å². The van der Waals surface area contributed by atoms with E-state index in [4.69, 9.17) is 0 Å². The first-order valence-electron chi connectivity index (χ1n) is 4.78. The molecule has 0 aliphatic heterocycles. The van der Waals surface area contributed by atoms with Gasteiger partial charge in [0.1, 0.15) is 6.04 Å². The fourth-order valence-corrected chi connectivity index (χ4v) is 0.845. The number of rotatable bonds is 4. The summed E-state index contributed by atoms with van der Waals surface area (Å²) in [6.07, 6.45) is 0. The second-order valence-corrected chi connectivity index (χ2v) is 2.81. The molecule has 0 aromatic rings. The lowest BCUT2D eigenvalue weighted by atomic mass is 10.3. The molecule has 0 saturated heterocycles. The molecule has 0 spiro atoms. The number of nitrogens with one attached hydrogen (secondary N) is 2. The van der Waals surface area contributed by atoms with Crippen molar-refractivity contribution in [2.24, 2.45) is 0 Å². The van der Waals surface area contributed by atoms with E-state index in [2.05, 4.69) is 15.4 Å². The van der Waals surface area contributed by atoms with Crippen LogP contribution in [-0.2, 0) is 19.1 Å². The van der Waals surface area contributed by atoms with Crippen LogP contribution in [0.25, 0.3) is 0 Å². The lowest BCUT2D eigenvalue weighted by molar-refractivity contribution is -0.155. The van der Waals surface area contributed by atoms with Crippen molar-refractivity contribution in [3.8, 4) is 0 Å². The molecule has 6 heteroatoms. The third kappa shape index (κ3) is 4.99. The summed E-state index contributed by atoms with van der Waals surface area (Å²) < 4.78 is 4.46. The number of carbonyl (C=O) groups is 3. The van der Waals surface area contributed by atoms with E-state index in [9.17, 15) is 14.4 Å². The standard InChI is InChI=1S/C9H16N2O4/c1-4-10-7(12)6(3)11-8(13)9(14)15-5-2/h6H,4-5H2,1-3H3,(H,10,12)(H,11,13). The topological polar surface area (TPSA) is 84.5 Å². The predicted molar refractivity (Wildman–Crippen MR) is 52.9 cm³/mol. The van der Waals surface area contributed by atoms with Crippen molar-refractivity contribution in [1.82, 2.24) is 10.6 Å². The molecule has 0 aromatic carbocycles. The minimum absolute atomic E-state index is 0.127. The van der Waals surface area contributed by atoms with Crippen LogP contribution < -0.4 is 10.6 Å². The van der Waals surface area contributed by atoms with Crippen LogP contribution in [0.5, 0.6) is 0 Å². The minimum Gasteiger partial charge on any atom is -0.459 e. The highest BCUT2D eigenvalue weighted by molar-refractivity contribution is 6.32. The third-order valence-electron chi connectivity index (χ3n) is 1.55. The number of hydrogen-bond acceptors (Lipinski definition) is 4. The molecule has 0 saturated carbocycles. The molecule has 6 nitrogen and oxygen atoms in total. The van der Waals surface area contributed by atoms with Crippen LogP contribution >= 0.6 is 0 Å². The lowest BCUT2D eigenvalue weighted by Gasteiger charge is -2.12. The van der Waals surface area contributed by atoms with Gasteiger partial charge in [-0.3, -0.25) is 9.59 Å². The minimum atomic E-state index is -0.978. The van der Waals surface area contributed by atoms with E-state index in [1.807, 2.05) is 0 Å². The second-order valence-electron chi connectivity index (χ2n) is 2.81. The molecular formula is C9H16N2O4. The number of amides is 2. The molecular weight excluding hydrogens is 200 g/mol. The maximum absolute atomic E-state index is 11.2. The average molecular weight is 216 g/mol. The van der Waals surface area contributed by atoms with Crippen molar-refractivity contribution < 1.29 is 19.1 Å². The zero-order valence-electron chi connectivity index (χ0n) is 9.12. The fourth-order valence-electron chi connectivity index (χ4n) is 0.845. The number of carbonyl (C=O) groups excluding carboxylic acids is 3. The largest absolute Gasteiger partial charge is 0.459 e. The Labute approximate surface area is 88.4 Å². The molecule has 0 aliphatic carbocycles. The maximum Gasteiger partial charge on any atom is 0.396 e. The van der Waals surface area contributed by atoms with Gasteiger partial charge in [0.05, 0.1) is 6.61 Å². The van der Waals surface area contributed by atoms with Gasteiger partial charge < -0.3 is 15.4 Å². The molecule has 0 radical (unpaired) electrons. The fraction of sp³-hybridized carbons (Fsp3) is 0.667. The van der Waals surface area contributed by atoms with Crippen LogP contribution in [0, 0.1) is 0 Å². The quantitative estimate of drug-likeness (QED) is 0.475. The molecule has 2 amide bonds. The highest BCUT2D eigenvalue weighted by Crippen LogP contribution is 1.85. The van der Waals surface area contributed by atoms with Gasteiger partial charge in [0, 0.05) is 6.54 Å². The van der Waals surface area contributed by atoms with Gasteiger partial charge in [0.25, 0.3) is 0 Å². The number of ether oxygens (including phenoxy) is 1. The summed E-state index contributed by atoms with van der Waals surface area (Å²) in [5, 5.41) is 4.74. The second kappa shape index (κ2) is 6.80. The van der Waals surface area contributed by atoms with E-state index in [0.29, 0.717) is 6.54 Å². The molecule has 15 heavy (non-hydrogen) atoms. The van der Waals surface area contributed by atoms with Gasteiger partial charge in [0.15, 0.2) is 0 Å². The van der Waals surface area contributed by atoms with Crippen LogP contribution in [0.15, 0.2) is 0 Å². The summed E-state index contributed by atoms with van der Waals surface area (Å²) in [5.41, 5.74) is 0. The zero-order valence-corrected chi connectivity index (χ0v) is 9.12. The third-order valence-corrected chi connectivity index (χ3v) is 1.55. The van der Waals surface area contributed by atoms with Crippen molar-refractivity contribution in [3.63, 3.8) is 0 Å². The highest BCUT2D eigenvalue weighted by atomic mass is 16.5. The first-order chi connectivity index (χ1) is 7.02. The Hall–Kier alpha value is -1.59. The van der Waals surface area contributed by atoms with Crippen molar-refractivity contribution in [2.45, 2.75) is 26.8 Å². The van der Waals surface area contributed by atoms with Crippen molar-refractivity contribution in [1.29, 1.82) is 0 Å². The van der Waals surface area contributed by atoms with Crippen LogP contribution in [0.4, 0.5) is 0 Å². The van der Waals surface area contributed by atoms with Gasteiger partial charge in [-0.25, -0.2) is 4.79 Å². The van der Waals surface area contributed by atoms with E-state index in [1.54, 1.807) is 13.8 Å². The maximum atomic E-state index is 11.2. The molecule has 0 rings (SSSR count). The summed E-state index contributed by atoms with van der Waals surface area (Å²) in [4.78, 5) is 33.2. The predicted octanol–water partition coefficient (Wildman–Crippen LogP) is -0.810. The van der Waals surface area contributed by atoms with Gasteiger partial charge in [-0.15, -0.1) is 0 Å². The monoisotopic (exact) mass is 216 g/mol. The molecule has 86 valence electrons. The Kier molecular flexibility index (Phi) is 6.08. The van der Waals surface area contributed by atoms with E-state index in [1.165, 1.54) is 6.92 Å². The number of likely N-dealkylation sites (N-methyl/N-ethyl adjacent to an activating group) is 1. The van der Waals surface area contributed by atoms with Gasteiger partial charge in [-0.05, 0) is 20.8 Å². The summed E-state index contributed by atoms with van der Waals surface area (Å²) in [6.45, 7) is 5.44. The molecule has 1 unspecified atom stereocenters. The first kappa shape index (κ1) is 13.4. The normalized spacial score (nSPS) is 11.4. The van der Waals surface area contributed by atoms with E-state index in [-0.39, 0.29) is 12.5 Å². The number of esters is 1. The van der Waals surface area contributed by atoms with Gasteiger partial charge in [0.2, 0.25) is 5.91 Å². The molecule has 0 heterocycles. The SMILES string of the molecule is CCNC(=O)C(C)NC(=O)C(=O)OCC. The molecule has 0 fully saturated rings. The van der Waals surface area contributed by atoms with E-state index < -0.39 is 17.9 Å². The van der Waals surface area contributed by atoms with Crippen LogP contribution in [-0.4, -0.2) is 37.0 Å². The highest BCUT2D eigenvalue weighted by Gasteiger charge is 2.20. The van der Waals surface area contributed by atoms with Crippen molar-refractivity contribution >= 4 is 17.8 Å². The Balaban J connectivity index is 4.06. The summed E-state index contributed by atoms with van der Waals surface area (Å²) >= 11 is 0. The number of hydrogen-bond donors (Lipinski definition) is 2. The van der Waals surface area contributed by atoms with Crippen LogP contribution in [0.3, 0.4) is 0 Å². The van der Waals surface area contributed by atoms with Crippen molar-refractivity contribution in [2.75, 3.05) is 13.2 Å². The lowest BCUT2D eigenvalue weighted by Crippen LogP contribution is -2.47. The summed E-state index contributed by atoms with van der Waals surface area (Å²) in [5.74, 6) is -2.22. The Morgan fingerprint density at radius 1 is 1.27 bits per heavy atom. The Morgan fingerprint density at radius 2 is 1.87 bits per heavy atom. The molecule has 1 atom stereocenters. The molecule has 0 aromatic heterocycles. The van der Waals surface area contributed by atoms with Crippen LogP contribution in [0.2, 0.25) is 0 Å². The Bertz CT molecular complexity index is 252. The molecule has 0 aliphatic rings. The molecule has 2 N–H and O–H groups in total. The van der Waals surface area contributed by atoms with E-state index in [0.717, 1.165) is 0 Å². The average Bonchev–Trinajstić information content (AvgIpc) is 2.18. The molecule has 0 bridgehead atoms. The van der Waals surface area contributed by atoms with Gasteiger partial charge in [-0.1, -0.05) is 0 Å². The zero-order chi connectivity index (χ0) is 11.8. The van der Waals surface area contributed by atoms with Gasteiger partial charge >= 0.3 is 11.9 Å².